The van der Waals surface area contributed by atoms with Crippen molar-refractivity contribution < 1.29 is 22.7 Å². The van der Waals surface area contributed by atoms with Crippen LogP contribution in [-0.2, 0) is 26.2 Å². The van der Waals surface area contributed by atoms with Crippen LogP contribution in [0.4, 0.5) is 5.69 Å². The highest BCUT2D eigenvalue weighted by Crippen LogP contribution is 2.30. The molecule has 0 unspecified atom stereocenters. The number of rotatable bonds is 14. The van der Waals surface area contributed by atoms with Crippen LogP contribution in [0.3, 0.4) is 0 Å². The van der Waals surface area contributed by atoms with E-state index in [1.165, 1.54) is 9.21 Å². The number of carbonyl (C=O) groups is 2. The van der Waals surface area contributed by atoms with E-state index in [2.05, 4.69) is 5.32 Å². The third kappa shape index (κ3) is 9.06. The van der Waals surface area contributed by atoms with Crippen LogP contribution in [0.15, 0.2) is 42.5 Å². The summed E-state index contributed by atoms with van der Waals surface area (Å²) in [6.45, 7) is 7.93. The van der Waals surface area contributed by atoms with Crippen molar-refractivity contribution in [2.24, 2.45) is 0 Å². The van der Waals surface area contributed by atoms with Gasteiger partial charge in [0.2, 0.25) is 21.8 Å². The number of nitrogens with zero attached hydrogens (tertiary/aromatic N) is 2. The van der Waals surface area contributed by atoms with E-state index in [0.29, 0.717) is 40.1 Å². The first kappa shape index (κ1) is 31.7. The van der Waals surface area contributed by atoms with Gasteiger partial charge in [-0.1, -0.05) is 48.3 Å². The average molecular weight is 587 g/mol. The van der Waals surface area contributed by atoms with Gasteiger partial charge in [0.15, 0.2) is 0 Å². The summed E-state index contributed by atoms with van der Waals surface area (Å²) in [7, 11) is -3.65. The fourth-order valence-electron chi connectivity index (χ4n) is 4.06. The van der Waals surface area contributed by atoms with Crippen LogP contribution in [0.1, 0.15) is 52.5 Å². The van der Waals surface area contributed by atoms with Crippen molar-refractivity contribution in [2.75, 3.05) is 23.7 Å². The lowest BCUT2D eigenvalue weighted by atomic mass is 10.1. The molecule has 8 nitrogen and oxygen atoms in total. The quantitative estimate of drug-likeness (QED) is 0.326. The normalized spacial score (nSPS) is 12.2. The van der Waals surface area contributed by atoms with Gasteiger partial charge < -0.3 is 15.0 Å². The first-order valence-corrected chi connectivity index (χ1v) is 15.2. The molecule has 2 amide bonds. The molecule has 2 aromatic carbocycles. The second-order valence-electron chi connectivity index (χ2n) is 9.18. The van der Waals surface area contributed by atoms with Gasteiger partial charge in [0.1, 0.15) is 11.8 Å². The second-order valence-corrected chi connectivity index (χ2v) is 11.9. The lowest BCUT2D eigenvalue weighted by Gasteiger charge is -2.32. The molecule has 0 aromatic heterocycles. The third-order valence-corrected chi connectivity index (χ3v) is 7.53. The molecule has 0 radical (unpaired) electrons. The average Bonchev–Trinajstić information content (AvgIpc) is 2.82. The lowest BCUT2D eigenvalue weighted by Crippen LogP contribution is -2.50. The summed E-state index contributed by atoms with van der Waals surface area (Å²) in [5.41, 5.74) is 1.07. The van der Waals surface area contributed by atoms with Crippen LogP contribution in [-0.4, -0.2) is 56.6 Å². The van der Waals surface area contributed by atoms with E-state index in [4.69, 9.17) is 27.9 Å². The summed E-state index contributed by atoms with van der Waals surface area (Å²) in [5, 5.41) is 3.74. The molecule has 38 heavy (non-hydrogen) atoms. The number of amides is 2. The van der Waals surface area contributed by atoms with Crippen molar-refractivity contribution in [1.82, 2.24) is 10.2 Å². The summed E-state index contributed by atoms with van der Waals surface area (Å²) in [5.74, 6) is -0.0974. The molecule has 0 heterocycles. The van der Waals surface area contributed by atoms with Crippen molar-refractivity contribution in [2.45, 2.75) is 65.6 Å². The maximum absolute atomic E-state index is 13.5. The zero-order valence-corrected chi connectivity index (χ0v) is 24.9. The zero-order chi connectivity index (χ0) is 28.5. The van der Waals surface area contributed by atoms with Crippen LogP contribution < -0.4 is 14.4 Å². The Morgan fingerprint density at radius 1 is 1.08 bits per heavy atom. The Bertz CT molecular complexity index is 1210. The van der Waals surface area contributed by atoms with Crippen molar-refractivity contribution in [3.05, 3.63) is 58.1 Å². The molecule has 0 bridgehead atoms. The van der Waals surface area contributed by atoms with Gasteiger partial charge in [0, 0.05) is 35.6 Å². The summed E-state index contributed by atoms with van der Waals surface area (Å²) < 4.78 is 32.2. The zero-order valence-electron chi connectivity index (χ0n) is 22.5. The standard InChI is InChI=1S/C27H37Cl2N3O5S/c1-6-23(27(34)30-19(3)4)31(18-20-14-15-21(28)17-22(20)29)26(33)13-10-16-32(38(5,35)36)24-11-8-9-12-25(24)37-7-2/h8-9,11-12,14-15,17,19,23H,6-7,10,13,16,18H2,1-5H3,(H,30,34)/t23-/m0/s1. The smallest absolute Gasteiger partial charge is 0.243 e. The molecule has 0 fully saturated rings. The topological polar surface area (TPSA) is 96.0 Å². The Hall–Kier alpha value is -2.49. The Labute approximate surface area is 236 Å². The molecule has 11 heteroatoms. The number of hydrogen-bond donors (Lipinski definition) is 1. The van der Waals surface area contributed by atoms with Gasteiger partial charge in [-0.2, -0.15) is 0 Å². The minimum absolute atomic E-state index is 0.0273. The van der Waals surface area contributed by atoms with E-state index in [9.17, 15) is 18.0 Å². The van der Waals surface area contributed by atoms with Gasteiger partial charge in [-0.3, -0.25) is 13.9 Å². The van der Waals surface area contributed by atoms with Crippen molar-refractivity contribution in [3.63, 3.8) is 0 Å². The van der Waals surface area contributed by atoms with Crippen LogP contribution in [0, 0.1) is 0 Å². The van der Waals surface area contributed by atoms with Crippen molar-refractivity contribution in [3.8, 4) is 5.75 Å². The van der Waals surface area contributed by atoms with Crippen LogP contribution in [0.2, 0.25) is 10.0 Å². The highest BCUT2D eigenvalue weighted by atomic mass is 35.5. The maximum atomic E-state index is 13.5. The van der Waals surface area contributed by atoms with Gasteiger partial charge in [-0.25, -0.2) is 8.42 Å². The predicted molar refractivity (Wildman–Crippen MR) is 153 cm³/mol. The number of anilines is 1. The molecule has 2 aromatic rings. The number of carbonyl (C=O) groups excluding carboxylic acids is 2. The minimum Gasteiger partial charge on any atom is -0.492 e. The van der Waals surface area contributed by atoms with E-state index < -0.39 is 16.1 Å². The molecule has 0 spiro atoms. The summed E-state index contributed by atoms with van der Waals surface area (Å²) >= 11 is 12.4. The van der Waals surface area contributed by atoms with Crippen LogP contribution in [0.25, 0.3) is 0 Å². The number of hydrogen-bond acceptors (Lipinski definition) is 5. The molecule has 0 aliphatic rings. The van der Waals surface area contributed by atoms with Crippen LogP contribution >= 0.6 is 23.2 Å². The Morgan fingerprint density at radius 3 is 2.34 bits per heavy atom. The number of halogens is 2. The largest absolute Gasteiger partial charge is 0.492 e. The number of ether oxygens (including phenoxy) is 1. The molecule has 210 valence electrons. The number of benzene rings is 2. The lowest BCUT2D eigenvalue weighted by molar-refractivity contribution is -0.141. The fourth-order valence-corrected chi connectivity index (χ4v) is 5.49. The maximum Gasteiger partial charge on any atom is 0.243 e. The monoisotopic (exact) mass is 585 g/mol. The molecule has 0 saturated carbocycles. The Kier molecular flexibility index (Phi) is 12.2. The number of sulfonamides is 1. The van der Waals surface area contributed by atoms with Gasteiger partial charge in [-0.05, 0) is 63.4 Å². The summed E-state index contributed by atoms with van der Waals surface area (Å²) in [6.07, 6.45) is 1.78. The highest BCUT2D eigenvalue weighted by Gasteiger charge is 2.30. The third-order valence-electron chi connectivity index (χ3n) is 5.76. The molecule has 0 saturated heterocycles. The molecule has 1 N–H and O–H groups in total. The fraction of sp³-hybridized carbons (Fsp3) is 0.481. The van der Waals surface area contributed by atoms with Gasteiger partial charge in [0.05, 0.1) is 18.6 Å². The predicted octanol–water partition coefficient (Wildman–Crippen LogP) is 5.27. The first-order valence-electron chi connectivity index (χ1n) is 12.6. The van der Waals surface area contributed by atoms with E-state index >= 15 is 0 Å². The van der Waals surface area contributed by atoms with E-state index in [1.807, 2.05) is 27.7 Å². The molecule has 0 aliphatic carbocycles. The van der Waals surface area contributed by atoms with Crippen molar-refractivity contribution in [1.29, 1.82) is 0 Å². The molecule has 1 atom stereocenters. The molecule has 0 aliphatic heterocycles. The van der Waals surface area contributed by atoms with Gasteiger partial charge in [-0.15, -0.1) is 0 Å². The van der Waals surface area contributed by atoms with Crippen molar-refractivity contribution >= 4 is 50.7 Å². The number of para-hydroxylation sites is 2. The Morgan fingerprint density at radius 2 is 1.76 bits per heavy atom. The first-order chi connectivity index (χ1) is 17.9. The number of nitrogens with one attached hydrogen (secondary N) is 1. The summed E-state index contributed by atoms with van der Waals surface area (Å²) in [6, 6.07) is 11.1. The molecular formula is C27H37Cl2N3O5S. The molecular weight excluding hydrogens is 549 g/mol. The van der Waals surface area contributed by atoms with Gasteiger partial charge in [0.25, 0.3) is 0 Å². The van der Waals surface area contributed by atoms with E-state index in [0.717, 1.165) is 6.26 Å². The molecule has 2 rings (SSSR count). The van der Waals surface area contributed by atoms with E-state index in [1.54, 1.807) is 42.5 Å². The minimum atomic E-state index is -3.65. The van der Waals surface area contributed by atoms with E-state index in [-0.39, 0.29) is 43.8 Å². The SMILES string of the molecule is CCOc1ccccc1N(CCCC(=O)N(Cc1ccc(Cl)cc1Cl)[C@@H](CC)C(=O)NC(C)C)S(C)(=O)=O. The highest BCUT2D eigenvalue weighted by molar-refractivity contribution is 7.92. The van der Waals surface area contributed by atoms with Gasteiger partial charge >= 0.3 is 0 Å². The Balaban J connectivity index is 2.29. The summed E-state index contributed by atoms with van der Waals surface area (Å²) in [4.78, 5) is 28.0. The second kappa shape index (κ2) is 14.6. The van der Waals surface area contributed by atoms with Crippen LogP contribution in [0.5, 0.6) is 5.75 Å².